The van der Waals surface area contributed by atoms with Gasteiger partial charge in [0.05, 0.1) is 6.67 Å². The number of benzene rings is 2. The second kappa shape index (κ2) is 7.98. The largest absolute Gasteiger partial charge is 0.481 e. The van der Waals surface area contributed by atoms with Gasteiger partial charge in [0.1, 0.15) is 10.3 Å². The predicted octanol–water partition coefficient (Wildman–Crippen LogP) is 4.77. The van der Waals surface area contributed by atoms with E-state index in [1.165, 1.54) is 16.3 Å². The molecule has 0 atom stereocenters. The van der Waals surface area contributed by atoms with Crippen LogP contribution in [-0.4, -0.2) is 34.1 Å². The molecule has 0 spiro atoms. The number of aliphatic carboxylic acids is 1. The second-order valence-electron chi connectivity index (χ2n) is 6.17. The van der Waals surface area contributed by atoms with Crippen molar-refractivity contribution >= 4 is 39.9 Å². The first kappa shape index (κ1) is 17.9. The highest BCUT2D eigenvalue weighted by Crippen LogP contribution is 2.32. The number of unbranched alkanes of at least 4 members (excludes halogenated alkanes) is 1. The smallest absolute Gasteiger partial charge is 0.303 e. The van der Waals surface area contributed by atoms with Crippen LogP contribution in [0.25, 0.3) is 10.8 Å². The van der Waals surface area contributed by atoms with Crippen LogP contribution >= 0.6 is 23.2 Å². The zero-order valence-electron chi connectivity index (χ0n) is 13.8. The summed E-state index contributed by atoms with van der Waals surface area (Å²) < 4.78 is 0. The summed E-state index contributed by atoms with van der Waals surface area (Å²) in [4.78, 5) is 14.6. The molecule has 132 valence electrons. The van der Waals surface area contributed by atoms with E-state index in [2.05, 4.69) is 30.3 Å². The molecule has 0 amide bonds. The van der Waals surface area contributed by atoms with E-state index in [0.29, 0.717) is 36.5 Å². The first-order chi connectivity index (χ1) is 12.1. The molecule has 0 radical (unpaired) electrons. The number of halogens is 2. The molecule has 0 aromatic heterocycles. The minimum atomic E-state index is -0.765. The van der Waals surface area contributed by atoms with E-state index in [0.717, 1.165) is 6.42 Å². The zero-order chi connectivity index (χ0) is 17.8. The number of hydrogen-bond acceptors (Lipinski definition) is 3. The van der Waals surface area contributed by atoms with E-state index in [9.17, 15) is 4.79 Å². The first-order valence-corrected chi connectivity index (χ1v) is 9.05. The van der Waals surface area contributed by atoms with Gasteiger partial charge in [-0.1, -0.05) is 65.7 Å². The van der Waals surface area contributed by atoms with Crippen LogP contribution in [0.3, 0.4) is 0 Å². The van der Waals surface area contributed by atoms with E-state index in [-0.39, 0.29) is 6.42 Å². The average Bonchev–Trinajstić information content (AvgIpc) is 2.87. The fourth-order valence-electron chi connectivity index (χ4n) is 3.09. The van der Waals surface area contributed by atoms with Crippen molar-refractivity contribution in [2.45, 2.75) is 25.8 Å². The van der Waals surface area contributed by atoms with Gasteiger partial charge in [0, 0.05) is 19.5 Å². The third-order valence-electron chi connectivity index (χ3n) is 4.38. The average molecular weight is 379 g/mol. The monoisotopic (exact) mass is 378 g/mol. The number of carbonyl (C=O) groups is 1. The third-order valence-corrected chi connectivity index (χ3v) is 5.31. The van der Waals surface area contributed by atoms with E-state index in [1.54, 1.807) is 0 Å². The van der Waals surface area contributed by atoms with Gasteiger partial charge in [-0.25, -0.2) is 0 Å². The van der Waals surface area contributed by atoms with Crippen molar-refractivity contribution in [2.75, 3.05) is 13.2 Å². The Morgan fingerprint density at radius 2 is 1.72 bits per heavy atom. The highest BCUT2D eigenvalue weighted by atomic mass is 35.5. The van der Waals surface area contributed by atoms with Gasteiger partial charge in [-0.2, -0.15) is 0 Å². The molecular weight excluding hydrogens is 359 g/mol. The van der Waals surface area contributed by atoms with Crippen molar-refractivity contribution in [1.82, 2.24) is 9.80 Å². The zero-order valence-corrected chi connectivity index (χ0v) is 15.3. The molecule has 3 rings (SSSR count). The van der Waals surface area contributed by atoms with Gasteiger partial charge in [-0.05, 0) is 29.2 Å². The number of nitrogens with zero attached hydrogens (tertiary/aromatic N) is 2. The predicted molar refractivity (Wildman–Crippen MR) is 101 cm³/mol. The van der Waals surface area contributed by atoms with E-state index < -0.39 is 5.97 Å². The van der Waals surface area contributed by atoms with Crippen molar-refractivity contribution in [1.29, 1.82) is 0 Å². The number of carboxylic acid groups (broad SMARTS) is 1. The van der Waals surface area contributed by atoms with Gasteiger partial charge in [-0.15, -0.1) is 0 Å². The molecule has 1 N–H and O–H groups in total. The number of fused-ring (bicyclic) bond motifs is 1. The molecule has 1 aliphatic rings. The molecule has 0 aliphatic carbocycles. The van der Waals surface area contributed by atoms with Crippen LogP contribution in [0, 0.1) is 0 Å². The molecule has 0 saturated heterocycles. The molecular formula is C19H20Cl2N2O2. The second-order valence-corrected chi connectivity index (χ2v) is 6.89. The van der Waals surface area contributed by atoms with Crippen LogP contribution in [0.5, 0.6) is 0 Å². The fourth-order valence-corrected chi connectivity index (χ4v) is 3.58. The van der Waals surface area contributed by atoms with Gasteiger partial charge in [0.2, 0.25) is 0 Å². The first-order valence-electron chi connectivity index (χ1n) is 8.30. The van der Waals surface area contributed by atoms with Gasteiger partial charge in [0.25, 0.3) is 0 Å². The summed E-state index contributed by atoms with van der Waals surface area (Å²) >= 11 is 12.8. The van der Waals surface area contributed by atoms with Gasteiger partial charge < -0.3 is 14.9 Å². The standard InChI is InChI=1S/C19H20Cl2N2O2/c20-18-19(21)23(13-22(18)11-4-3-10-17(24)25)12-15-8-5-7-14-6-1-2-9-16(14)15/h1-2,5-9H,3-4,10-13H2,(H,24,25). The van der Waals surface area contributed by atoms with E-state index >= 15 is 0 Å². The van der Waals surface area contributed by atoms with Crippen LogP contribution in [0.15, 0.2) is 52.8 Å². The lowest BCUT2D eigenvalue weighted by atomic mass is 10.0. The minimum absolute atomic E-state index is 0.183. The maximum atomic E-state index is 10.6. The Bertz CT molecular complexity index is 802. The van der Waals surface area contributed by atoms with Crippen molar-refractivity contribution in [3.8, 4) is 0 Å². The van der Waals surface area contributed by atoms with Gasteiger partial charge in [0.15, 0.2) is 0 Å². The third kappa shape index (κ3) is 4.20. The van der Waals surface area contributed by atoms with Crippen LogP contribution in [0.4, 0.5) is 0 Å². The van der Waals surface area contributed by atoms with Crippen molar-refractivity contribution in [3.05, 3.63) is 58.3 Å². The molecule has 4 nitrogen and oxygen atoms in total. The Labute approximate surface area is 157 Å². The van der Waals surface area contributed by atoms with Crippen LogP contribution < -0.4 is 0 Å². The molecule has 1 aliphatic heterocycles. The highest BCUT2D eigenvalue weighted by molar-refractivity contribution is 6.38. The molecule has 6 heteroatoms. The summed E-state index contributed by atoms with van der Waals surface area (Å²) in [6.45, 7) is 2.00. The van der Waals surface area contributed by atoms with Gasteiger partial charge >= 0.3 is 5.97 Å². The molecule has 2 aromatic carbocycles. The summed E-state index contributed by atoms with van der Waals surface area (Å²) in [5.74, 6) is -0.765. The SMILES string of the molecule is O=C(O)CCCCN1CN(Cc2cccc3ccccc23)C(Cl)=C1Cl. The van der Waals surface area contributed by atoms with Crippen molar-refractivity contribution in [3.63, 3.8) is 0 Å². The topological polar surface area (TPSA) is 43.8 Å². The summed E-state index contributed by atoms with van der Waals surface area (Å²) in [5.41, 5.74) is 1.20. The van der Waals surface area contributed by atoms with Crippen LogP contribution in [0.1, 0.15) is 24.8 Å². The summed E-state index contributed by atoms with van der Waals surface area (Å²) in [6, 6.07) is 14.5. The Hall–Kier alpha value is -1.91. The lowest BCUT2D eigenvalue weighted by molar-refractivity contribution is -0.137. The number of hydrogen-bond donors (Lipinski definition) is 1. The summed E-state index contributed by atoms with van der Waals surface area (Å²) in [7, 11) is 0. The Morgan fingerprint density at radius 3 is 2.52 bits per heavy atom. The maximum Gasteiger partial charge on any atom is 0.303 e. The summed E-state index contributed by atoms with van der Waals surface area (Å²) in [6.07, 6.45) is 1.59. The van der Waals surface area contributed by atoms with E-state index in [4.69, 9.17) is 28.3 Å². The van der Waals surface area contributed by atoms with E-state index in [1.807, 2.05) is 21.9 Å². The minimum Gasteiger partial charge on any atom is -0.481 e. The van der Waals surface area contributed by atoms with Crippen molar-refractivity contribution in [2.24, 2.45) is 0 Å². The van der Waals surface area contributed by atoms with Crippen LogP contribution in [0.2, 0.25) is 0 Å². The molecule has 25 heavy (non-hydrogen) atoms. The Morgan fingerprint density at radius 1 is 1.00 bits per heavy atom. The summed E-state index contributed by atoms with van der Waals surface area (Å²) in [5, 5.41) is 12.2. The molecule has 0 unspecified atom stereocenters. The lowest BCUT2D eigenvalue weighted by Crippen LogP contribution is -2.27. The molecule has 1 heterocycles. The Kier molecular flexibility index (Phi) is 5.71. The number of carboxylic acids is 1. The molecule has 0 bridgehead atoms. The number of rotatable bonds is 7. The van der Waals surface area contributed by atoms with Crippen LogP contribution in [-0.2, 0) is 11.3 Å². The Balaban J connectivity index is 1.66. The molecule has 2 aromatic rings. The quantitative estimate of drug-likeness (QED) is 0.556. The molecule has 0 saturated carbocycles. The fraction of sp³-hybridized carbons (Fsp3) is 0.316. The van der Waals surface area contributed by atoms with Gasteiger partial charge in [-0.3, -0.25) is 4.79 Å². The lowest BCUT2D eigenvalue weighted by Gasteiger charge is -2.23. The maximum absolute atomic E-state index is 10.6. The highest BCUT2D eigenvalue weighted by Gasteiger charge is 2.26. The van der Waals surface area contributed by atoms with Crippen molar-refractivity contribution < 1.29 is 9.90 Å². The normalized spacial score (nSPS) is 14.6. The molecule has 0 fully saturated rings.